The summed E-state index contributed by atoms with van der Waals surface area (Å²) in [6.45, 7) is -0.0549. The van der Waals surface area contributed by atoms with Crippen molar-refractivity contribution in [2.75, 3.05) is 13.7 Å². The van der Waals surface area contributed by atoms with Crippen LogP contribution in [0.25, 0.3) is 11.0 Å². The number of carbonyl (C=O) groups is 3. The summed E-state index contributed by atoms with van der Waals surface area (Å²) >= 11 is 1.47. The molecule has 1 amide bonds. The number of ether oxygens (including phenoxy) is 2. The second-order valence-electron chi connectivity index (χ2n) is 9.99. The fourth-order valence-corrected chi connectivity index (χ4v) is 7.26. The van der Waals surface area contributed by atoms with Crippen molar-refractivity contribution >= 4 is 40.4 Å². The molecule has 2 aromatic carbocycles. The topological polar surface area (TPSA) is 123 Å². The van der Waals surface area contributed by atoms with Crippen LogP contribution in [-0.2, 0) is 25.5 Å². The van der Waals surface area contributed by atoms with Crippen molar-refractivity contribution in [2.24, 2.45) is 0 Å². The number of nitrogens with zero attached hydrogens (tertiary/aromatic N) is 1. The molecule has 2 aliphatic heterocycles. The van der Waals surface area contributed by atoms with Gasteiger partial charge in [0.15, 0.2) is 5.60 Å². The van der Waals surface area contributed by atoms with E-state index in [1.165, 1.54) is 29.8 Å². The number of hydrogen-bond donors (Lipinski definition) is 1. The molecule has 1 saturated heterocycles. The number of Topliss-reactive ketones (excluding diaryl/α,β-unsaturated/α-hetero) is 1. The van der Waals surface area contributed by atoms with Crippen molar-refractivity contribution in [3.63, 3.8) is 0 Å². The van der Waals surface area contributed by atoms with Crippen LogP contribution < -0.4 is 10.4 Å². The van der Waals surface area contributed by atoms with Gasteiger partial charge < -0.3 is 19.0 Å². The molecule has 39 heavy (non-hydrogen) atoms. The summed E-state index contributed by atoms with van der Waals surface area (Å²) in [5, 5.41) is 10.3. The first kappa shape index (κ1) is 25.4. The van der Waals surface area contributed by atoms with Crippen LogP contribution in [0.3, 0.4) is 0 Å². The molecule has 1 saturated carbocycles. The van der Waals surface area contributed by atoms with E-state index in [0.717, 1.165) is 23.8 Å². The minimum atomic E-state index is -1.42. The number of aliphatic carboxylic acids is 1. The molecule has 1 aliphatic carbocycles. The lowest BCUT2D eigenvalue weighted by Gasteiger charge is -2.57. The monoisotopic (exact) mass is 547 g/mol. The minimum absolute atomic E-state index is 0.0549. The molecule has 3 aliphatic rings. The summed E-state index contributed by atoms with van der Waals surface area (Å²) in [5.74, 6) is -1.52. The van der Waals surface area contributed by atoms with E-state index in [1.807, 2.05) is 30.3 Å². The van der Waals surface area contributed by atoms with Crippen molar-refractivity contribution < 1.29 is 33.4 Å². The first-order valence-corrected chi connectivity index (χ1v) is 13.4. The second kappa shape index (κ2) is 9.39. The number of rotatable bonds is 9. The van der Waals surface area contributed by atoms with Crippen molar-refractivity contribution in [1.82, 2.24) is 4.90 Å². The van der Waals surface area contributed by atoms with Crippen LogP contribution in [0.1, 0.15) is 24.8 Å². The van der Waals surface area contributed by atoms with Gasteiger partial charge in [0.25, 0.3) is 5.91 Å². The number of amides is 1. The first-order valence-electron chi connectivity index (χ1n) is 12.5. The summed E-state index contributed by atoms with van der Waals surface area (Å²) in [5.41, 5.74) is -0.311. The number of hydrogen-bond acceptors (Lipinski definition) is 8. The molecule has 0 bridgehead atoms. The van der Waals surface area contributed by atoms with E-state index in [1.54, 1.807) is 24.3 Å². The molecule has 9 nitrogen and oxygen atoms in total. The zero-order chi connectivity index (χ0) is 27.4. The Hall–Kier alpha value is -3.89. The maximum atomic E-state index is 13.5. The molecule has 2 atom stereocenters. The molecule has 0 radical (unpaired) electrons. The number of methoxy groups -OCH3 is 1. The Labute approximate surface area is 227 Å². The highest BCUT2D eigenvalue weighted by molar-refractivity contribution is 8.02. The average Bonchev–Trinajstić information content (AvgIpc) is 3.70. The molecule has 1 spiro atoms. The zero-order valence-electron chi connectivity index (χ0n) is 21.0. The van der Waals surface area contributed by atoms with E-state index in [4.69, 9.17) is 13.9 Å². The van der Waals surface area contributed by atoms with Gasteiger partial charge in [0, 0.05) is 47.8 Å². The van der Waals surface area contributed by atoms with Gasteiger partial charge in [-0.15, -0.1) is 11.8 Å². The highest BCUT2D eigenvalue weighted by Crippen LogP contribution is 2.65. The quantitative estimate of drug-likeness (QED) is 0.316. The Morgan fingerprint density at radius 3 is 2.54 bits per heavy atom. The van der Waals surface area contributed by atoms with Gasteiger partial charge in [-0.3, -0.25) is 14.5 Å². The number of fused-ring (bicyclic) bond motifs is 2. The van der Waals surface area contributed by atoms with Gasteiger partial charge in [-0.25, -0.2) is 9.59 Å². The van der Waals surface area contributed by atoms with Crippen LogP contribution in [0.5, 0.6) is 5.75 Å². The molecule has 3 heterocycles. The third-order valence-corrected chi connectivity index (χ3v) is 9.50. The lowest BCUT2D eigenvalue weighted by Crippen LogP contribution is -2.75. The van der Waals surface area contributed by atoms with E-state index in [9.17, 15) is 24.3 Å². The molecule has 3 aromatic rings. The molecular formula is C29H25NO8S. The van der Waals surface area contributed by atoms with Crippen LogP contribution in [0, 0.1) is 0 Å². The van der Waals surface area contributed by atoms with Gasteiger partial charge in [0.2, 0.25) is 0 Å². The van der Waals surface area contributed by atoms with Crippen LogP contribution in [-0.4, -0.2) is 57.1 Å². The van der Waals surface area contributed by atoms with Gasteiger partial charge in [0.05, 0.1) is 0 Å². The number of benzene rings is 2. The number of carboxylic acids is 1. The number of carbonyl (C=O) groups excluding carboxylic acids is 2. The maximum absolute atomic E-state index is 13.5. The van der Waals surface area contributed by atoms with Crippen molar-refractivity contribution in [1.29, 1.82) is 0 Å². The van der Waals surface area contributed by atoms with Crippen molar-refractivity contribution in [3.05, 3.63) is 87.9 Å². The van der Waals surface area contributed by atoms with Gasteiger partial charge in [-0.1, -0.05) is 30.3 Å². The van der Waals surface area contributed by atoms with E-state index in [0.29, 0.717) is 16.9 Å². The summed E-state index contributed by atoms with van der Waals surface area (Å²) < 4.78 is 16.4. The number of β-lactam (4-membered cyclic amide) rings is 1. The minimum Gasteiger partial charge on any atom is -0.489 e. The van der Waals surface area contributed by atoms with Crippen LogP contribution in [0.4, 0.5) is 0 Å². The Morgan fingerprint density at radius 1 is 1.10 bits per heavy atom. The Bertz CT molecular complexity index is 1590. The Kier molecular flexibility index (Phi) is 6.11. The van der Waals surface area contributed by atoms with Crippen LogP contribution in [0.2, 0.25) is 0 Å². The molecule has 1 N–H and O–H groups in total. The fraction of sp³-hybridized carbons (Fsp3) is 0.310. The lowest BCUT2D eigenvalue weighted by atomic mass is 9.83. The number of thioether (sulfide) groups is 1. The van der Waals surface area contributed by atoms with E-state index >= 15 is 0 Å². The standard InChI is InChI=1S/C29H25NO8S/c1-36-29(15-19(31)13-17-5-3-2-4-6-17)26(35)30-24(25(33)34)21(28(11-12-28)39-27(29)30)16-37-20-9-7-18-8-10-23(32)38-22(18)14-20/h2-10,14,27H,11-13,15-16H2,1H3,(H,33,34)/t27-,29+/m1/s1. The summed E-state index contributed by atoms with van der Waals surface area (Å²) in [7, 11) is 1.39. The lowest BCUT2D eigenvalue weighted by molar-refractivity contribution is -0.186. The predicted octanol–water partition coefficient (Wildman–Crippen LogP) is 3.55. The van der Waals surface area contributed by atoms with Gasteiger partial charge >= 0.3 is 11.6 Å². The summed E-state index contributed by atoms with van der Waals surface area (Å²) in [6, 6.07) is 17.3. The van der Waals surface area contributed by atoms with E-state index < -0.39 is 33.2 Å². The smallest absolute Gasteiger partial charge is 0.352 e. The summed E-state index contributed by atoms with van der Waals surface area (Å²) in [4.78, 5) is 51.9. The second-order valence-corrected chi connectivity index (χ2v) is 11.4. The van der Waals surface area contributed by atoms with Gasteiger partial charge in [0.1, 0.15) is 34.8 Å². The molecule has 0 unspecified atom stereocenters. The predicted molar refractivity (Wildman–Crippen MR) is 142 cm³/mol. The Balaban J connectivity index is 1.27. The van der Waals surface area contributed by atoms with Crippen LogP contribution >= 0.6 is 11.8 Å². The molecule has 10 heteroatoms. The van der Waals surface area contributed by atoms with Crippen LogP contribution in [0.15, 0.2) is 81.1 Å². The molecule has 1 aromatic heterocycles. The third kappa shape index (κ3) is 4.24. The first-order chi connectivity index (χ1) is 18.8. The van der Waals surface area contributed by atoms with E-state index in [2.05, 4.69) is 0 Å². The fourth-order valence-electron chi connectivity index (χ4n) is 5.42. The number of carboxylic acid groups (broad SMARTS) is 1. The molecule has 200 valence electrons. The summed E-state index contributed by atoms with van der Waals surface area (Å²) in [6.07, 6.45) is 1.46. The Morgan fingerprint density at radius 2 is 1.85 bits per heavy atom. The molecule has 6 rings (SSSR count). The van der Waals surface area contributed by atoms with Gasteiger partial charge in [-0.2, -0.15) is 0 Å². The third-order valence-electron chi connectivity index (χ3n) is 7.58. The molecular weight excluding hydrogens is 522 g/mol. The SMILES string of the molecule is CO[C@@]1(CC(=O)Cc2ccccc2)C(=O)N2C(C(=O)O)=C(COc3ccc4ccc(=O)oc4c3)C3(CC3)S[C@@H]21. The highest BCUT2D eigenvalue weighted by Gasteiger charge is 2.71. The van der Waals surface area contributed by atoms with E-state index in [-0.39, 0.29) is 30.9 Å². The molecule has 2 fully saturated rings. The number of ketones is 1. The van der Waals surface area contributed by atoms with Crippen molar-refractivity contribution in [3.8, 4) is 5.75 Å². The van der Waals surface area contributed by atoms with Gasteiger partial charge in [-0.05, 0) is 36.6 Å². The average molecular weight is 548 g/mol. The maximum Gasteiger partial charge on any atom is 0.352 e. The largest absolute Gasteiger partial charge is 0.489 e. The van der Waals surface area contributed by atoms with Crippen molar-refractivity contribution in [2.45, 2.75) is 41.4 Å². The normalized spacial score (nSPS) is 22.9. The zero-order valence-corrected chi connectivity index (χ0v) is 21.9. The highest BCUT2D eigenvalue weighted by atomic mass is 32.2.